The maximum absolute atomic E-state index is 12.3. The third kappa shape index (κ3) is 4.20. The summed E-state index contributed by atoms with van der Waals surface area (Å²) in [4.78, 5) is 24.3. The van der Waals surface area contributed by atoms with Gasteiger partial charge in [0.2, 0.25) is 0 Å². The first-order chi connectivity index (χ1) is 12.1. The minimum atomic E-state index is -1.08. The SMILES string of the molecule is O=C(O)COc1cccc(C(=O)Nc2ccc(-n3nccn3)cc2)c1. The average molecular weight is 338 g/mol. The summed E-state index contributed by atoms with van der Waals surface area (Å²) in [6.45, 7) is -0.464. The number of carboxylic acid groups (broad SMARTS) is 1. The molecule has 25 heavy (non-hydrogen) atoms. The van der Waals surface area contributed by atoms with Crippen LogP contribution in [0.15, 0.2) is 60.9 Å². The molecule has 1 amide bonds. The van der Waals surface area contributed by atoms with Gasteiger partial charge in [-0.2, -0.15) is 15.0 Å². The molecule has 0 aliphatic rings. The fourth-order valence-electron chi connectivity index (χ4n) is 2.10. The standard InChI is InChI=1S/C17H14N4O4/c22-16(23)11-25-15-3-1-2-12(10-15)17(24)20-13-4-6-14(7-5-13)21-18-8-9-19-21/h1-10H,11H2,(H,20,24)(H,22,23). The molecule has 0 aliphatic heterocycles. The molecular weight excluding hydrogens is 324 g/mol. The van der Waals surface area contributed by atoms with Gasteiger partial charge in [-0.3, -0.25) is 4.79 Å². The molecule has 2 N–H and O–H groups in total. The first-order valence-electron chi connectivity index (χ1n) is 7.34. The van der Waals surface area contributed by atoms with Gasteiger partial charge in [-0.05, 0) is 42.5 Å². The van der Waals surface area contributed by atoms with Gasteiger partial charge in [0.1, 0.15) is 5.75 Å². The van der Waals surface area contributed by atoms with Crippen LogP contribution < -0.4 is 10.1 Å². The monoisotopic (exact) mass is 338 g/mol. The van der Waals surface area contributed by atoms with Crippen molar-refractivity contribution in [2.45, 2.75) is 0 Å². The molecule has 8 nitrogen and oxygen atoms in total. The number of nitrogens with one attached hydrogen (secondary N) is 1. The average Bonchev–Trinajstić information content (AvgIpc) is 3.15. The van der Waals surface area contributed by atoms with Gasteiger partial charge in [0.25, 0.3) is 5.91 Å². The van der Waals surface area contributed by atoms with Gasteiger partial charge in [-0.25, -0.2) is 4.79 Å². The van der Waals surface area contributed by atoms with Crippen molar-refractivity contribution in [3.05, 3.63) is 66.5 Å². The minimum absolute atomic E-state index is 0.315. The smallest absolute Gasteiger partial charge is 0.341 e. The molecule has 0 aliphatic carbocycles. The molecule has 3 aromatic rings. The number of carbonyl (C=O) groups excluding carboxylic acids is 1. The van der Waals surface area contributed by atoms with Crippen molar-refractivity contribution in [3.63, 3.8) is 0 Å². The van der Waals surface area contributed by atoms with Crippen molar-refractivity contribution in [1.29, 1.82) is 0 Å². The summed E-state index contributed by atoms with van der Waals surface area (Å²) >= 11 is 0. The largest absolute Gasteiger partial charge is 0.482 e. The van der Waals surface area contributed by atoms with Crippen LogP contribution in [0.5, 0.6) is 5.75 Å². The molecule has 0 saturated heterocycles. The molecule has 0 atom stereocenters. The van der Waals surface area contributed by atoms with Crippen LogP contribution in [0.4, 0.5) is 5.69 Å². The van der Waals surface area contributed by atoms with Gasteiger partial charge in [0, 0.05) is 11.3 Å². The lowest BCUT2D eigenvalue weighted by atomic mass is 10.2. The summed E-state index contributed by atoms with van der Waals surface area (Å²) in [5.74, 6) is -1.09. The Morgan fingerprint density at radius 2 is 1.80 bits per heavy atom. The van der Waals surface area contributed by atoms with Gasteiger partial charge in [0.15, 0.2) is 6.61 Å². The molecular formula is C17H14N4O4. The number of benzene rings is 2. The van der Waals surface area contributed by atoms with Crippen molar-refractivity contribution in [2.24, 2.45) is 0 Å². The van der Waals surface area contributed by atoms with Gasteiger partial charge in [-0.1, -0.05) is 6.07 Å². The topological polar surface area (TPSA) is 106 Å². The van der Waals surface area contributed by atoms with Crippen LogP contribution in [-0.2, 0) is 4.79 Å². The maximum atomic E-state index is 12.3. The van der Waals surface area contributed by atoms with E-state index in [4.69, 9.17) is 9.84 Å². The summed E-state index contributed by atoms with van der Waals surface area (Å²) in [5, 5.41) is 19.4. The van der Waals surface area contributed by atoms with Crippen LogP contribution >= 0.6 is 0 Å². The number of hydrogen-bond donors (Lipinski definition) is 2. The molecule has 1 aromatic heterocycles. The van der Waals surface area contributed by atoms with Gasteiger partial charge < -0.3 is 15.2 Å². The first kappa shape index (κ1) is 16.2. The Kier molecular flexibility index (Phi) is 4.70. The van der Waals surface area contributed by atoms with E-state index < -0.39 is 12.6 Å². The van der Waals surface area contributed by atoms with Crippen LogP contribution in [0.3, 0.4) is 0 Å². The van der Waals surface area contributed by atoms with Gasteiger partial charge >= 0.3 is 5.97 Å². The van der Waals surface area contributed by atoms with Crippen LogP contribution in [-0.4, -0.2) is 38.6 Å². The van der Waals surface area contributed by atoms with Crippen LogP contribution in [0.1, 0.15) is 10.4 Å². The highest BCUT2D eigenvalue weighted by atomic mass is 16.5. The Balaban J connectivity index is 1.67. The van der Waals surface area contributed by atoms with E-state index in [0.717, 1.165) is 5.69 Å². The number of aliphatic carboxylic acids is 1. The number of carbonyl (C=O) groups is 2. The van der Waals surface area contributed by atoms with E-state index in [0.29, 0.717) is 17.0 Å². The Hall–Kier alpha value is -3.68. The van der Waals surface area contributed by atoms with Crippen molar-refractivity contribution in [2.75, 3.05) is 11.9 Å². The normalized spacial score (nSPS) is 10.2. The number of amides is 1. The van der Waals surface area contributed by atoms with Crippen molar-refractivity contribution < 1.29 is 19.4 Å². The molecule has 1 heterocycles. The van der Waals surface area contributed by atoms with Crippen molar-refractivity contribution in [3.8, 4) is 11.4 Å². The number of aromatic nitrogens is 3. The van der Waals surface area contributed by atoms with E-state index in [9.17, 15) is 9.59 Å². The highest BCUT2D eigenvalue weighted by Crippen LogP contribution is 2.16. The number of hydrogen-bond acceptors (Lipinski definition) is 5. The van der Waals surface area contributed by atoms with Crippen LogP contribution in [0.2, 0.25) is 0 Å². The highest BCUT2D eigenvalue weighted by molar-refractivity contribution is 6.04. The second kappa shape index (κ2) is 7.26. The molecule has 0 unspecified atom stereocenters. The zero-order valence-electron chi connectivity index (χ0n) is 13.0. The summed E-state index contributed by atoms with van der Waals surface area (Å²) in [6.07, 6.45) is 3.16. The second-order valence-electron chi connectivity index (χ2n) is 5.03. The third-order valence-electron chi connectivity index (χ3n) is 3.23. The quantitative estimate of drug-likeness (QED) is 0.712. The molecule has 0 radical (unpaired) electrons. The van der Waals surface area contributed by atoms with E-state index in [1.54, 1.807) is 54.9 Å². The second-order valence-corrected chi connectivity index (χ2v) is 5.03. The molecule has 0 spiro atoms. The minimum Gasteiger partial charge on any atom is -0.482 e. The summed E-state index contributed by atoms with van der Waals surface area (Å²) in [5.41, 5.74) is 1.74. The maximum Gasteiger partial charge on any atom is 0.341 e. The molecule has 0 saturated carbocycles. The molecule has 3 rings (SSSR count). The lowest BCUT2D eigenvalue weighted by Gasteiger charge is -2.08. The number of rotatable bonds is 6. The fourth-order valence-corrected chi connectivity index (χ4v) is 2.10. The van der Waals surface area contributed by atoms with E-state index in [-0.39, 0.29) is 5.91 Å². The van der Waals surface area contributed by atoms with E-state index >= 15 is 0 Å². The number of nitrogens with zero attached hydrogens (tertiary/aromatic N) is 3. The third-order valence-corrected chi connectivity index (χ3v) is 3.23. The Labute approximate surface area is 142 Å². The molecule has 126 valence electrons. The zero-order chi connectivity index (χ0) is 17.6. The van der Waals surface area contributed by atoms with Gasteiger partial charge in [-0.15, -0.1) is 0 Å². The first-order valence-corrected chi connectivity index (χ1v) is 7.34. The lowest BCUT2D eigenvalue weighted by Crippen LogP contribution is -2.13. The number of ether oxygens (including phenoxy) is 1. The molecule has 8 heteroatoms. The molecule has 2 aromatic carbocycles. The van der Waals surface area contributed by atoms with E-state index in [2.05, 4.69) is 15.5 Å². The van der Waals surface area contributed by atoms with E-state index in [1.807, 2.05) is 0 Å². The molecule has 0 fully saturated rings. The number of anilines is 1. The predicted molar refractivity (Wildman–Crippen MR) is 88.9 cm³/mol. The van der Waals surface area contributed by atoms with E-state index in [1.165, 1.54) is 10.9 Å². The van der Waals surface area contributed by atoms with Crippen LogP contribution in [0.25, 0.3) is 5.69 Å². The Morgan fingerprint density at radius 3 is 2.48 bits per heavy atom. The number of carboxylic acids is 1. The summed E-state index contributed by atoms with van der Waals surface area (Å²) in [7, 11) is 0. The van der Waals surface area contributed by atoms with Crippen molar-refractivity contribution in [1.82, 2.24) is 15.0 Å². The van der Waals surface area contributed by atoms with Crippen LogP contribution in [0, 0.1) is 0 Å². The summed E-state index contributed by atoms with van der Waals surface area (Å²) < 4.78 is 5.07. The predicted octanol–water partition coefficient (Wildman–Crippen LogP) is 1.98. The zero-order valence-corrected chi connectivity index (χ0v) is 13.0. The van der Waals surface area contributed by atoms with Gasteiger partial charge in [0.05, 0.1) is 18.1 Å². The Morgan fingerprint density at radius 1 is 1.08 bits per heavy atom. The Bertz CT molecular complexity index is 876. The van der Waals surface area contributed by atoms with Crippen molar-refractivity contribution >= 4 is 17.6 Å². The molecule has 0 bridgehead atoms. The lowest BCUT2D eigenvalue weighted by molar-refractivity contribution is -0.139. The highest BCUT2D eigenvalue weighted by Gasteiger charge is 2.08. The fraction of sp³-hybridized carbons (Fsp3) is 0.0588. The summed E-state index contributed by atoms with van der Waals surface area (Å²) in [6, 6.07) is 13.3.